The Morgan fingerprint density at radius 3 is 1.30 bits per heavy atom. The number of morpholine rings is 2. The van der Waals surface area contributed by atoms with Crippen LogP contribution in [0.25, 0.3) is 33.8 Å². The molecular formula is C65H82N16O7. The number of fused-ring (bicyclic) bond motifs is 2. The Bertz CT molecular complexity index is 3600. The van der Waals surface area contributed by atoms with Crippen LogP contribution >= 0.6 is 0 Å². The summed E-state index contributed by atoms with van der Waals surface area (Å²) >= 11 is 0. The Morgan fingerprint density at radius 1 is 0.534 bits per heavy atom. The Hall–Kier alpha value is -9.00. The lowest BCUT2D eigenvalue weighted by Gasteiger charge is -2.35. The average molecular weight is 1200 g/mol. The number of rotatable bonds is 12. The first-order valence-electron chi connectivity index (χ1n) is 29.7. The number of carboxylic acid groups (broad SMARTS) is 1. The topological polar surface area (TPSA) is 244 Å². The second kappa shape index (κ2) is 29.6. The van der Waals surface area contributed by atoms with Gasteiger partial charge in [0.1, 0.15) is 11.0 Å². The molecule has 8 aromatic rings. The summed E-state index contributed by atoms with van der Waals surface area (Å²) in [6.07, 6.45) is 8.40. The molecule has 12 rings (SSSR count). The lowest BCUT2D eigenvalue weighted by molar-refractivity contribution is 0.0661. The molecule has 0 unspecified atom stereocenters. The number of carbonyl (C=O) groups is 4. The van der Waals surface area contributed by atoms with Gasteiger partial charge in [-0.1, -0.05) is 7.43 Å². The number of aromatic carboxylic acids is 1. The van der Waals surface area contributed by atoms with Crippen LogP contribution in [0.3, 0.4) is 0 Å². The van der Waals surface area contributed by atoms with Crippen molar-refractivity contribution in [3.8, 4) is 22.8 Å². The van der Waals surface area contributed by atoms with Crippen molar-refractivity contribution >= 4 is 69.4 Å². The highest BCUT2D eigenvalue weighted by Crippen LogP contribution is 2.30. The Labute approximate surface area is 514 Å². The fourth-order valence-electron chi connectivity index (χ4n) is 11.1. The second-order valence-corrected chi connectivity index (χ2v) is 22.6. The van der Waals surface area contributed by atoms with Gasteiger partial charge in [-0.2, -0.15) is 0 Å². The number of urea groups is 2. The summed E-state index contributed by atoms with van der Waals surface area (Å²) in [5, 5.41) is 32.8. The van der Waals surface area contributed by atoms with Crippen molar-refractivity contribution in [1.29, 1.82) is 0 Å². The van der Waals surface area contributed by atoms with Crippen LogP contribution in [0, 0.1) is 0 Å². The number of carbonyl (C=O) groups excluding carboxylic acids is 3. The summed E-state index contributed by atoms with van der Waals surface area (Å²) < 4.78 is 14.9. The van der Waals surface area contributed by atoms with Crippen LogP contribution in [0.1, 0.15) is 67.7 Å². The molecule has 0 aliphatic carbocycles. The van der Waals surface area contributed by atoms with E-state index in [4.69, 9.17) is 29.6 Å². The molecule has 23 heteroatoms. The van der Waals surface area contributed by atoms with Gasteiger partial charge in [0, 0.05) is 90.1 Å². The molecule has 2 atom stereocenters. The van der Waals surface area contributed by atoms with Gasteiger partial charge in [-0.3, -0.25) is 4.79 Å². The van der Waals surface area contributed by atoms with E-state index in [2.05, 4.69) is 93.3 Å². The molecule has 4 aliphatic heterocycles. The largest absolute Gasteiger partial charge is 0.478 e. The first-order chi connectivity index (χ1) is 42.1. The lowest BCUT2D eigenvalue weighted by atomic mass is 10.0. The number of amides is 5. The molecular weight excluding hydrogens is 1120 g/mol. The normalized spacial score (nSPS) is 17.3. The van der Waals surface area contributed by atoms with Crippen molar-refractivity contribution in [2.45, 2.75) is 71.1 Å². The number of piperidine rings is 2. The first-order valence-corrected chi connectivity index (χ1v) is 29.7. The zero-order valence-electron chi connectivity index (χ0n) is 50.2. The van der Waals surface area contributed by atoms with E-state index in [-0.39, 0.29) is 37.0 Å². The third kappa shape index (κ3) is 15.9. The quantitative estimate of drug-likeness (QED) is 0.0667. The molecule has 8 heterocycles. The first kappa shape index (κ1) is 63.5. The summed E-state index contributed by atoms with van der Waals surface area (Å²) in [7, 11) is 8.50. The highest BCUT2D eigenvalue weighted by atomic mass is 16.5. The van der Waals surface area contributed by atoms with Crippen molar-refractivity contribution in [1.82, 2.24) is 49.2 Å². The molecule has 6 N–H and O–H groups in total. The van der Waals surface area contributed by atoms with Crippen molar-refractivity contribution < 1.29 is 33.8 Å². The van der Waals surface area contributed by atoms with Gasteiger partial charge in [0.2, 0.25) is 0 Å². The summed E-state index contributed by atoms with van der Waals surface area (Å²) in [5.74, 6) is 1.94. The lowest BCUT2D eigenvalue weighted by Crippen LogP contribution is -2.44. The third-order valence-electron chi connectivity index (χ3n) is 16.1. The number of carboxylic acids is 1. The number of aromatic nitrogens is 6. The van der Waals surface area contributed by atoms with Crippen LogP contribution in [-0.2, 0) is 9.47 Å². The summed E-state index contributed by atoms with van der Waals surface area (Å²) in [5.41, 5.74) is 6.65. The minimum Gasteiger partial charge on any atom is -0.478 e. The molecule has 464 valence electrons. The fraction of sp³-hybridized carbons (Fsp3) is 0.385. The van der Waals surface area contributed by atoms with E-state index in [9.17, 15) is 19.2 Å². The van der Waals surface area contributed by atoms with E-state index in [1.54, 1.807) is 36.4 Å². The third-order valence-corrected chi connectivity index (χ3v) is 16.1. The monoisotopic (exact) mass is 1200 g/mol. The molecule has 4 fully saturated rings. The number of benzene rings is 4. The number of likely N-dealkylation sites (tertiary alicyclic amines) is 1. The average Bonchev–Trinajstić information content (AvgIpc) is 2.31. The van der Waals surface area contributed by atoms with E-state index < -0.39 is 12.0 Å². The maximum absolute atomic E-state index is 12.9. The van der Waals surface area contributed by atoms with E-state index in [0.717, 1.165) is 78.9 Å². The number of hydrogen-bond acceptors (Lipinski definition) is 15. The molecule has 4 aromatic carbocycles. The van der Waals surface area contributed by atoms with Crippen LogP contribution < -0.4 is 36.4 Å². The van der Waals surface area contributed by atoms with E-state index in [1.807, 2.05) is 87.0 Å². The number of nitrogens with zero attached hydrogens (tertiary/aromatic N) is 11. The number of nitrogens with one attached hydrogen (secondary N) is 5. The van der Waals surface area contributed by atoms with Gasteiger partial charge < -0.3 is 65.7 Å². The molecule has 0 spiro atoms. The zero-order chi connectivity index (χ0) is 61.0. The van der Waals surface area contributed by atoms with Crippen LogP contribution in [0.2, 0.25) is 0 Å². The predicted molar refractivity (Wildman–Crippen MR) is 346 cm³/mol. The van der Waals surface area contributed by atoms with Crippen molar-refractivity contribution in [2.24, 2.45) is 0 Å². The van der Waals surface area contributed by atoms with Gasteiger partial charge >= 0.3 is 18.0 Å². The molecule has 4 aliphatic rings. The van der Waals surface area contributed by atoms with E-state index >= 15 is 0 Å². The van der Waals surface area contributed by atoms with Gasteiger partial charge in [0.05, 0.1) is 44.1 Å². The predicted octanol–water partition coefficient (Wildman–Crippen LogP) is 9.33. The zero-order valence-corrected chi connectivity index (χ0v) is 50.2. The Kier molecular flexibility index (Phi) is 21.4. The molecule has 88 heavy (non-hydrogen) atoms. The Morgan fingerprint density at radius 2 is 0.920 bits per heavy atom. The molecule has 0 bridgehead atoms. The maximum atomic E-state index is 12.9. The second-order valence-electron chi connectivity index (χ2n) is 22.6. The molecule has 4 aromatic heterocycles. The number of anilines is 6. The minimum absolute atomic E-state index is 0. The molecule has 0 saturated carbocycles. The highest BCUT2D eigenvalue weighted by Gasteiger charge is 2.27. The van der Waals surface area contributed by atoms with Crippen LogP contribution in [0.4, 0.5) is 44.0 Å². The fourth-order valence-corrected chi connectivity index (χ4v) is 11.1. The van der Waals surface area contributed by atoms with Crippen molar-refractivity contribution in [3.05, 3.63) is 145 Å². The Balaban J connectivity index is 0.000000184. The summed E-state index contributed by atoms with van der Waals surface area (Å²) in [6, 6.07) is 36.6. The minimum atomic E-state index is -1.02. The van der Waals surface area contributed by atoms with Gasteiger partial charge in [-0.25, -0.2) is 33.4 Å². The van der Waals surface area contributed by atoms with E-state index in [1.165, 1.54) is 50.2 Å². The summed E-state index contributed by atoms with van der Waals surface area (Å²) in [6.45, 7) is 12.3. The van der Waals surface area contributed by atoms with Crippen LogP contribution in [-0.4, -0.2) is 191 Å². The van der Waals surface area contributed by atoms with Crippen molar-refractivity contribution in [2.75, 3.05) is 125 Å². The summed E-state index contributed by atoms with van der Waals surface area (Å²) in [4.78, 5) is 69.7. The number of hydrogen-bond donors (Lipinski definition) is 6. The standard InChI is InChI=1S/C32H38N8O3.C25H24N6O4.C7H16N2.CH4/c1-22-21-43-20-19-39(22)30-28-5-4-16-40(28)36-29(35-30)23-6-10-25(11-7-23)33-32(42)34-26-12-8-24(9-13-26)31(41)38-17-14-27(15-18-38)37(2)3;1-16-15-35-14-13-30(16)23-21-3-2-12-31(21)29-22(28-23)17-4-8-19(9-5-17)26-25(34)27-20-10-6-18(7-11-20)24(32)33;1-9(2)7-3-5-8-6-4-7;/h4-13,16,22,27H,14-15,17-21H2,1-3H3,(H2,33,34,42);2-12,16H,13-15H2,1H3,(H,32,33)(H2,26,27,34);7-8H,3-6H2,1-2H3;1H4/t22-;16-;;/m11../s1. The molecule has 4 saturated heterocycles. The highest BCUT2D eigenvalue weighted by molar-refractivity contribution is 6.01. The number of ether oxygens (including phenoxy) is 2. The van der Waals surface area contributed by atoms with Gasteiger partial charge in [0.15, 0.2) is 23.3 Å². The smallest absolute Gasteiger partial charge is 0.335 e. The van der Waals surface area contributed by atoms with E-state index in [0.29, 0.717) is 72.4 Å². The van der Waals surface area contributed by atoms with Gasteiger partial charge in [-0.15, -0.1) is 10.2 Å². The van der Waals surface area contributed by atoms with Crippen molar-refractivity contribution in [3.63, 3.8) is 0 Å². The van der Waals surface area contributed by atoms with Crippen LogP contribution in [0.5, 0.6) is 0 Å². The SMILES string of the molecule is C.CN(C)C1CCNCC1.C[C@@H]1COCCN1c1nc(-c2ccc(NC(=O)Nc3ccc(C(=O)N4CCC(N(C)C)CC4)cc3)cc2)nn2cccc12.C[C@@H]1COCCN1c1nc(-c2ccc(NC(=O)Nc3ccc(C(=O)O)cc3)cc2)nn2cccc12. The van der Waals surface area contributed by atoms with Gasteiger partial charge in [-0.05, 0) is 202 Å². The molecule has 0 radical (unpaired) electrons. The molecule has 5 amide bonds. The molecule has 23 nitrogen and oxygen atoms in total. The maximum Gasteiger partial charge on any atom is 0.335 e. The van der Waals surface area contributed by atoms with Crippen LogP contribution in [0.15, 0.2) is 134 Å². The van der Waals surface area contributed by atoms with Gasteiger partial charge in [0.25, 0.3) is 5.91 Å².